The lowest BCUT2D eigenvalue weighted by Crippen LogP contribution is -2.11. The quantitative estimate of drug-likeness (QED) is 0.567. The summed E-state index contributed by atoms with van der Waals surface area (Å²) in [5.74, 6) is 0.886. The summed E-state index contributed by atoms with van der Waals surface area (Å²) in [6.45, 7) is 0. The fourth-order valence-electron chi connectivity index (χ4n) is 1.22. The normalized spacial score (nSPS) is 10.1. The first-order valence-corrected chi connectivity index (χ1v) is 5.03. The molecule has 2 aromatic rings. The average molecular weight is 239 g/mol. The summed E-state index contributed by atoms with van der Waals surface area (Å²) in [5.41, 5.74) is 6.67. The van der Waals surface area contributed by atoms with Crippen LogP contribution in [-0.2, 0) is 7.05 Å². The van der Waals surface area contributed by atoms with Crippen molar-refractivity contribution in [1.82, 2.24) is 9.78 Å². The number of phenolic OH excluding ortho intramolecular Hbond substituents is 1. The van der Waals surface area contributed by atoms with E-state index >= 15 is 0 Å². The smallest absolute Gasteiger partial charge is 0.142 e. The van der Waals surface area contributed by atoms with Crippen LogP contribution >= 0.6 is 11.6 Å². The van der Waals surface area contributed by atoms with E-state index in [0.717, 1.165) is 11.5 Å². The molecule has 0 fully saturated rings. The number of nitrogens with zero attached hydrogens (tertiary/aromatic N) is 2. The van der Waals surface area contributed by atoms with Gasteiger partial charge in [-0.05, 0) is 18.2 Å². The highest BCUT2D eigenvalue weighted by Crippen LogP contribution is 2.25. The topological polar surface area (TPSA) is 62.1 Å². The molecule has 0 bridgehead atoms. The maximum absolute atomic E-state index is 9.25. The number of benzene rings is 1. The van der Waals surface area contributed by atoms with Gasteiger partial charge in [-0.15, -0.1) is 0 Å². The highest BCUT2D eigenvalue weighted by molar-refractivity contribution is 6.32. The van der Waals surface area contributed by atoms with Crippen molar-refractivity contribution in [3.63, 3.8) is 0 Å². The van der Waals surface area contributed by atoms with Crippen LogP contribution in [0.3, 0.4) is 0 Å². The Labute approximate surface area is 97.6 Å². The summed E-state index contributed by atoms with van der Waals surface area (Å²) >= 11 is 5.77. The number of aromatic hydroxyl groups is 1. The van der Waals surface area contributed by atoms with E-state index in [1.807, 2.05) is 13.1 Å². The van der Waals surface area contributed by atoms with Crippen LogP contribution in [0.25, 0.3) is 0 Å². The minimum absolute atomic E-state index is 0.0627. The first kappa shape index (κ1) is 10.6. The van der Waals surface area contributed by atoms with Gasteiger partial charge < -0.3 is 5.11 Å². The number of nitrogens with one attached hydrogen (secondary N) is 2. The molecule has 16 heavy (non-hydrogen) atoms. The molecule has 2 rings (SSSR count). The maximum Gasteiger partial charge on any atom is 0.142 e. The molecule has 0 atom stereocenters. The number of hydrazine groups is 1. The Kier molecular flexibility index (Phi) is 2.87. The summed E-state index contributed by atoms with van der Waals surface area (Å²) in [5, 5.41) is 13.6. The molecule has 0 saturated carbocycles. The summed E-state index contributed by atoms with van der Waals surface area (Å²) in [7, 11) is 1.83. The summed E-state index contributed by atoms with van der Waals surface area (Å²) in [4.78, 5) is 0. The second-order valence-corrected chi connectivity index (χ2v) is 3.66. The molecule has 0 aliphatic carbocycles. The third-order valence-electron chi connectivity index (χ3n) is 2.10. The number of phenols is 1. The highest BCUT2D eigenvalue weighted by Gasteiger charge is 2.00. The van der Waals surface area contributed by atoms with E-state index < -0.39 is 0 Å². The number of hydrogen-bond acceptors (Lipinski definition) is 4. The van der Waals surface area contributed by atoms with Crippen molar-refractivity contribution in [2.24, 2.45) is 7.05 Å². The Morgan fingerprint density at radius 2 is 2.12 bits per heavy atom. The Bertz CT molecular complexity index is 497. The summed E-state index contributed by atoms with van der Waals surface area (Å²) in [6, 6.07) is 6.69. The van der Waals surface area contributed by atoms with Crippen molar-refractivity contribution in [3.8, 4) is 5.75 Å². The third kappa shape index (κ3) is 2.20. The molecule has 0 amide bonds. The largest absolute Gasteiger partial charge is 0.506 e. The van der Waals surface area contributed by atoms with Gasteiger partial charge in [0, 0.05) is 13.1 Å². The number of hydrogen-bond donors (Lipinski definition) is 3. The molecule has 1 aromatic carbocycles. The fraction of sp³-hybridized carbons (Fsp3) is 0.100. The second-order valence-electron chi connectivity index (χ2n) is 3.26. The maximum atomic E-state index is 9.25. The van der Waals surface area contributed by atoms with Crippen LogP contribution in [0.2, 0.25) is 5.02 Å². The van der Waals surface area contributed by atoms with Crippen molar-refractivity contribution in [3.05, 3.63) is 35.5 Å². The van der Waals surface area contributed by atoms with Crippen molar-refractivity contribution in [2.75, 3.05) is 10.9 Å². The zero-order valence-electron chi connectivity index (χ0n) is 8.61. The zero-order valence-corrected chi connectivity index (χ0v) is 9.36. The molecule has 0 saturated heterocycles. The third-order valence-corrected chi connectivity index (χ3v) is 2.41. The van der Waals surface area contributed by atoms with Gasteiger partial charge in [-0.25, -0.2) is 0 Å². The number of rotatable bonds is 3. The second kappa shape index (κ2) is 4.32. The Balaban J connectivity index is 2.05. The van der Waals surface area contributed by atoms with E-state index in [-0.39, 0.29) is 5.75 Å². The standard InChI is InChI=1S/C10H11ClN4O/c1-15-10(4-5-12-15)14-13-7-2-3-9(16)8(11)6-7/h2-6,13-14,16H,1H3. The Morgan fingerprint density at radius 1 is 1.31 bits per heavy atom. The predicted octanol–water partition coefficient (Wildman–Crippen LogP) is 2.22. The van der Waals surface area contributed by atoms with Crippen molar-refractivity contribution < 1.29 is 5.11 Å². The Hall–Kier alpha value is -1.88. The average Bonchev–Trinajstić information content (AvgIpc) is 2.66. The van der Waals surface area contributed by atoms with Gasteiger partial charge in [-0.2, -0.15) is 5.10 Å². The lowest BCUT2D eigenvalue weighted by atomic mass is 10.3. The first-order valence-electron chi connectivity index (χ1n) is 4.65. The van der Waals surface area contributed by atoms with Crippen LogP contribution in [0, 0.1) is 0 Å². The number of halogens is 1. The molecule has 0 aliphatic heterocycles. The zero-order chi connectivity index (χ0) is 11.5. The SMILES string of the molecule is Cn1nccc1NNc1ccc(O)c(Cl)c1. The van der Waals surface area contributed by atoms with E-state index in [4.69, 9.17) is 11.6 Å². The summed E-state index contributed by atoms with van der Waals surface area (Å²) < 4.78 is 1.69. The lowest BCUT2D eigenvalue weighted by Gasteiger charge is -2.10. The van der Waals surface area contributed by atoms with Gasteiger partial charge >= 0.3 is 0 Å². The molecule has 84 valence electrons. The van der Waals surface area contributed by atoms with Crippen molar-refractivity contribution in [1.29, 1.82) is 0 Å². The number of aromatic nitrogens is 2. The van der Waals surface area contributed by atoms with E-state index in [1.54, 1.807) is 23.0 Å². The van der Waals surface area contributed by atoms with Gasteiger partial charge in [0.05, 0.1) is 16.9 Å². The molecule has 6 heteroatoms. The van der Waals surface area contributed by atoms with E-state index in [1.165, 1.54) is 6.07 Å². The molecular weight excluding hydrogens is 228 g/mol. The van der Waals surface area contributed by atoms with E-state index in [2.05, 4.69) is 16.0 Å². The molecule has 5 nitrogen and oxygen atoms in total. The predicted molar refractivity (Wildman–Crippen MR) is 63.6 cm³/mol. The van der Waals surface area contributed by atoms with Gasteiger partial charge in [0.25, 0.3) is 0 Å². The first-order chi connectivity index (χ1) is 7.66. The van der Waals surface area contributed by atoms with Gasteiger partial charge in [-0.3, -0.25) is 15.5 Å². The summed E-state index contributed by atoms with van der Waals surface area (Å²) in [6.07, 6.45) is 1.69. The Morgan fingerprint density at radius 3 is 2.75 bits per heavy atom. The van der Waals surface area contributed by atoms with Crippen LogP contribution in [0.1, 0.15) is 0 Å². The molecule has 0 aliphatic rings. The monoisotopic (exact) mass is 238 g/mol. The van der Waals surface area contributed by atoms with Crippen LogP contribution < -0.4 is 10.9 Å². The van der Waals surface area contributed by atoms with Gasteiger partial charge in [0.2, 0.25) is 0 Å². The molecule has 1 aromatic heterocycles. The highest BCUT2D eigenvalue weighted by atomic mass is 35.5. The lowest BCUT2D eigenvalue weighted by molar-refractivity contribution is 0.475. The van der Waals surface area contributed by atoms with E-state index in [9.17, 15) is 5.11 Å². The molecule has 0 spiro atoms. The van der Waals surface area contributed by atoms with Gasteiger partial charge in [0.1, 0.15) is 11.6 Å². The van der Waals surface area contributed by atoms with Crippen LogP contribution in [0.15, 0.2) is 30.5 Å². The molecular formula is C10H11ClN4O. The molecule has 3 N–H and O–H groups in total. The van der Waals surface area contributed by atoms with Crippen molar-refractivity contribution >= 4 is 23.1 Å². The van der Waals surface area contributed by atoms with E-state index in [0.29, 0.717) is 5.02 Å². The van der Waals surface area contributed by atoms with Gasteiger partial charge in [0.15, 0.2) is 0 Å². The van der Waals surface area contributed by atoms with Crippen LogP contribution in [0.4, 0.5) is 11.5 Å². The van der Waals surface area contributed by atoms with Crippen LogP contribution in [-0.4, -0.2) is 14.9 Å². The molecule has 1 heterocycles. The fourth-order valence-corrected chi connectivity index (χ4v) is 1.40. The van der Waals surface area contributed by atoms with Gasteiger partial charge in [-0.1, -0.05) is 11.6 Å². The number of aryl methyl sites for hydroxylation is 1. The minimum Gasteiger partial charge on any atom is -0.506 e. The number of anilines is 2. The molecule has 0 unspecified atom stereocenters. The van der Waals surface area contributed by atoms with Crippen LogP contribution in [0.5, 0.6) is 5.75 Å². The molecule has 0 radical (unpaired) electrons. The van der Waals surface area contributed by atoms with Crippen molar-refractivity contribution in [2.45, 2.75) is 0 Å². The minimum atomic E-state index is 0.0627.